The van der Waals surface area contributed by atoms with E-state index in [9.17, 15) is 4.79 Å². The molecule has 76 valence electrons. The smallest absolute Gasteiger partial charge is 0.326 e. The number of aromatic nitrogens is 1. The van der Waals surface area contributed by atoms with Crippen LogP contribution in [0, 0.1) is 5.92 Å². The average Bonchev–Trinajstić information content (AvgIpc) is 2.15. The molecule has 1 atom stereocenters. The second kappa shape index (κ2) is 4.60. The minimum absolute atomic E-state index is 0.0349. The van der Waals surface area contributed by atoms with Gasteiger partial charge in [0.15, 0.2) is 0 Å². The number of rotatable bonds is 4. The first kappa shape index (κ1) is 10.5. The molecule has 1 unspecified atom stereocenters. The van der Waals surface area contributed by atoms with Crippen LogP contribution in [0.1, 0.15) is 13.8 Å². The van der Waals surface area contributed by atoms with Gasteiger partial charge in [-0.2, -0.15) is 0 Å². The maximum atomic E-state index is 10.9. The third-order valence-corrected chi connectivity index (χ3v) is 1.92. The largest absolute Gasteiger partial charge is 0.480 e. The predicted molar refractivity (Wildman–Crippen MR) is 54.1 cm³/mol. The number of anilines is 1. The summed E-state index contributed by atoms with van der Waals surface area (Å²) >= 11 is 0. The van der Waals surface area contributed by atoms with E-state index in [1.54, 1.807) is 24.5 Å². The molecule has 1 aromatic heterocycles. The Kier molecular flexibility index (Phi) is 3.45. The molecule has 0 saturated heterocycles. The Labute approximate surface area is 83.0 Å². The molecule has 0 aliphatic rings. The van der Waals surface area contributed by atoms with Crippen LogP contribution in [0.4, 0.5) is 5.69 Å². The van der Waals surface area contributed by atoms with Gasteiger partial charge in [0.25, 0.3) is 0 Å². The summed E-state index contributed by atoms with van der Waals surface area (Å²) in [6, 6.07) is 2.99. The van der Waals surface area contributed by atoms with Crippen molar-refractivity contribution in [3.05, 3.63) is 24.5 Å². The lowest BCUT2D eigenvalue weighted by Gasteiger charge is -2.18. The van der Waals surface area contributed by atoms with Crippen LogP contribution in [0.15, 0.2) is 24.5 Å². The highest BCUT2D eigenvalue weighted by Crippen LogP contribution is 2.11. The van der Waals surface area contributed by atoms with Crippen molar-refractivity contribution in [3.8, 4) is 0 Å². The van der Waals surface area contributed by atoms with Crippen molar-refractivity contribution in [1.29, 1.82) is 0 Å². The van der Waals surface area contributed by atoms with Crippen molar-refractivity contribution in [3.63, 3.8) is 0 Å². The lowest BCUT2D eigenvalue weighted by atomic mass is 10.0. The quantitative estimate of drug-likeness (QED) is 0.764. The van der Waals surface area contributed by atoms with Crippen molar-refractivity contribution in [2.45, 2.75) is 19.9 Å². The summed E-state index contributed by atoms with van der Waals surface area (Å²) in [5, 5.41) is 11.8. The molecule has 0 aliphatic carbocycles. The molecule has 4 heteroatoms. The summed E-state index contributed by atoms with van der Waals surface area (Å²) in [6.45, 7) is 3.73. The van der Waals surface area contributed by atoms with Crippen molar-refractivity contribution in [2.24, 2.45) is 5.92 Å². The molecule has 0 fully saturated rings. The minimum atomic E-state index is -0.844. The zero-order valence-electron chi connectivity index (χ0n) is 8.27. The molecule has 14 heavy (non-hydrogen) atoms. The van der Waals surface area contributed by atoms with Crippen LogP contribution in [0.2, 0.25) is 0 Å². The molecule has 1 rings (SSSR count). The Bertz CT molecular complexity index is 298. The molecule has 0 bridgehead atoms. The Morgan fingerprint density at radius 1 is 1.57 bits per heavy atom. The van der Waals surface area contributed by atoms with Crippen LogP contribution in [-0.2, 0) is 4.79 Å². The Balaban J connectivity index is 2.70. The highest BCUT2D eigenvalue weighted by Gasteiger charge is 2.20. The molecule has 0 spiro atoms. The molecule has 1 aromatic rings. The summed E-state index contributed by atoms with van der Waals surface area (Å²) in [5.41, 5.74) is 0.730. The van der Waals surface area contributed by atoms with Crippen LogP contribution in [0.3, 0.4) is 0 Å². The van der Waals surface area contributed by atoms with Crippen molar-refractivity contribution in [2.75, 3.05) is 5.32 Å². The number of nitrogens with zero attached hydrogens (tertiary/aromatic N) is 1. The maximum Gasteiger partial charge on any atom is 0.326 e. The standard InChI is InChI=1S/C10H14N2O2/c1-7(2)9(10(13)14)12-8-4-3-5-11-6-8/h3-7,9,12H,1-2H3,(H,13,14). The second-order valence-corrected chi connectivity index (χ2v) is 3.45. The second-order valence-electron chi connectivity index (χ2n) is 3.45. The van der Waals surface area contributed by atoms with Gasteiger partial charge in [0.2, 0.25) is 0 Å². The van der Waals surface area contributed by atoms with Gasteiger partial charge in [-0.1, -0.05) is 13.8 Å². The highest BCUT2D eigenvalue weighted by atomic mass is 16.4. The normalized spacial score (nSPS) is 12.5. The fourth-order valence-electron chi connectivity index (χ4n) is 1.14. The molecule has 0 aromatic carbocycles. The number of carbonyl (C=O) groups is 1. The minimum Gasteiger partial charge on any atom is -0.480 e. The average molecular weight is 194 g/mol. The summed E-state index contributed by atoms with van der Waals surface area (Å²) in [7, 11) is 0. The van der Waals surface area contributed by atoms with E-state index in [4.69, 9.17) is 5.11 Å². The molecule has 1 heterocycles. The lowest BCUT2D eigenvalue weighted by molar-refractivity contribution is -0.138. The number of carboxylic acids is 1. The Morgan fingerprint density at radius 3 is 2.71 bits per heavy atom. The first-order valence-electron chi connectivity index (χ1n) is 4.50. The third-order valence-electron chi connectivity index (χ3n) is 1.92. The fraction of sp³-hybridized carbons (Fsp3) is 0.400. The van der Waals surface area contributed by atoms with Gasteiger partial charge in [0.1, 0.15) is 6.04 Å². The van der Waals surface area contributed by atoms with E-state index in [2.05, 4.69) is 10.3 Å². The zero-order valence-corrected chi connectivity index (χ0v) is 8.27. The molecule has 0 saturated carbocycles. The topological polar surface area (TPSA) is 62.2 Å². The molecular weight excluding hydrogens is 180 g/mol. The molecule has 0 aliphatic heterocycles. The van der Waals surface area contributed by atoms with Gasteiger partial charge < -0.3 is 10.4 Å². The van der Waals surface area contributed by atoms with Crippen LogP contribution >= 0.6 is 0 Å². The van der Waals surface area contributed by atoms with Crippen molar-refractivity contribution < 1.29 is 9.90 Å². The molecule has 0 radical (unpaired) electrons. The lowest BCUT2D eigenvalue weighted by Crippen LogP contribution is -2.34. The highest BCUT2D eigenvalue weighted by molar-refractivity contribution is 5.77. The van der Waals surface area contributed by atoms with Gasteiger partial charge in [-0.05, 0) is 18.1 Å². The van der Waals surface area contributed by atoms with Gasteiger partial charge in [0.05, 0.1) is 5.69 Å². The zero-order chi connectivity index (χ0) is 10.6. The molecule has 4 nitrogen and oxygen atoms in total. The summed E-state index contributed by atoms with van der Waals surface area (Å²) in [5.74, 6) is -0.809. The van der Waals surface area contributed by atoms with E-state index in [0.29, 0.717) is 0 Å². The fourth-order valence-corrected chi connectivity index (χ4v) is 1.14. The molecular formula is C10H14N2O2. The summed E-state index contributed by atoms with van der Waals surface area (Å²) in [6.07, 6.45) is 3.26. The summed E-state index contributed by atoms with van der Waals surface area (Å²) < 4.78 is 0. The van der Waals surface area contributed by atoms with Gasteiger partial charge in [-0.3, -0.25) is 4.98 Å². The first-order chi connectivity index (χ1) is 6.61. The van der Waals surface area contributed by atoms with Crippen LogP contribution in [-0.4, -0.2) is 22.1 Å². The van der Waals surface area contributed by atoms with E-state index in [0.717, 1.165) is 5.69 Å². The van der Waals surface area contributed by atoms with E-state index in [1.165, 1.54) is 0 Å². The number of aliphatic carboxylic acids is 1. The summed E-state index contributed by atoms with van der Waals surface area (Å²) in [4.78, 5) is 14.8. The molecule has 0 amide bonds. The van der Waals surface area contributed by atoms with Crippen LogP contribution in [0.5, 0.6) is 0 Å². The first-order valence-corrected chi connectivity index (χ1v) is 4.50. The maximum absolute atomic E-state index is 10.9. The Morgan fingerprint density at radius 2 is 2.29 bits per heavy atom. The number of hydrogen-bond acceptors (Lipinski definition) is 3. The number of pyridine rings is 1. The predicted octanol–water partition coefficient (Wildman–Crippen LogP) is 1.60. The van der Waals surface area contributed by atoms with Gasteiger partial charge in [-0.15, -0.1) is 0 Å². The van der Waals surface area contributed by atoms with E-state index in [-0.39, 0.29) is 5.92 Å². The van der Waals surface area contributed by atoms with E-state index in [1.807, 2.05) is 13.8 Å². The van der Waals surface area contributed by atoms with Crippen LogP contribution < -0.4 is 5.32 Å². The van der Waals surface area contributed by atoms with Crippen molar-refractivity contribution in [1.82, 2.24) is 4.98 Å². The van der Waals surface area contributed by atoms with E-state index < -0.39 is 12.0 Å². The van der Waals surface area contributed by atoms with E-state index >= 15 is 0 Å². The molecule has 2 N–H and O–H groups in total. The number of hydrogen-bond donors (Lipinski definition) is 2. The Hall–Kier alpha value is -1.58. The number of nitrogens with one attached hydrogen (secondary N) is 1. The monoisotopic (exact) mass is 194 g/mol. The van der Waals surface area contributed by atoms with Gasteiger partial charge in [0, 0.05) is 12.4 Å². The van der Waals surface area contributed by atoms with Gasteiger partial charge in [-0.25, -0.2) is 4.79 Å². The van der Waals surface area contributed by atoms with Gasteiger partial charge >= 0.3 is 5.97 Å². The third kappa shape index (κ3) is 2.73. The SMILES string of the molecule is CC(C)C(Nc1cccnc1)C(=O)O. The number of carboxylic acid groups (broad SMARTS) is 1. The van der Waals surface area contributed by atoms with Crippen molar-refractivity contribution >= 4 is 11.7 Å². The van der Waals surface area contributed by atoms with Crippen LogP contribution in [0.25, 0.3) is 0 Å².